The van der Waals surface area contributed by atoms with E-state index in [1.165, 1.54) is 0 Å². The first kappa shape index (κ1) is 7.54. The average molecular weight is 113 g/mol. The molecule has 1 nitrogen and oxygen atoms in total. The molecule has 0 bridgehead atoms. The van der Waals surface area contributed by atoms with E-state index < -0.39 is 0 Å². The Balaban J connectivity index is 3.29. The Morgan fingerprint density at radius 2 is 2.12 bits per heavy atom. The molecule has 47 valence electrons. The van der Waals surface area contributed by atoms with Crippen molar-refractivity contribution in [2.45, 2.75) is 27.2 Å². The van der Waals surface area contributed by atoms with Gasteiger partial charge in [0.25, 0.3) is 0 Å². The zero-order chi connectivity index (χ0) is 6.57. The van der Waals surface area contributed by atoms with E-state index in [0.29, 0.717) is 5.92 Å². The number of allylic oxidation sites excluding steroid dienone is 2. The minimum atomic E-state index is 0.179. The molecule has 0 spiro atoms. The summed E-state index contributed by atoms with van der Waals surface area (Å²) in [6.07, 6.45) is 2.64. The van der Waals surface area contributed by atoms with E-state index in [2.05, 4.69) is 13.8 Å². The van der Waals surface area contributed by atoms with Crippen LogP contribution in [0.2, 0.25) is 0 Å². The molecule has 8 heavy (non-hydrogen) atoms. The van der Waals surface area contributed by atoms with Crippen molar-refractivity contribution in [3.05, 3.63) is 11.8 Å². The first-order chi connectivity index (χ1) is 3.63. The summed E-state index contributed by atoms with van der Waals surface area (Å²) in [5.74, 6) is 0.789. The van der Waals surface area contributed by atoms with Gasteiger partial charge >= 0.3 is 0 Å². The van der Waals surface area contributed by atoms with Crippen LogP contribution in [0.15, 0.2) is 11.8 Å². The molecular weight excluding hydrogens is 100 g/mol. The second-order valence-electron chi connectivity index (χ2n) is 2.44. The van der Waals surface area contributed by atoms with Crippen molar-refractivity contribution >= 4 is 0 Å². The SMILES string of the molecule is CC([O])=CCC(C)C. The van der Waals surface area contributed by atoms with Crippen molar-refractivity contribution in [1.82, 2.24) is 0 Å². The summed E-state index contributed by atoms with van der Waals surface area (Å²) < 4.78 is 0. The highest BCUT2D eigenvalue weighted by molar-refractivity contribution is 4.85. The number of rotatable bonds is 2. The molecule has 0 aliphatic rings. The third kappa shape index (κ3) is 5.54. The molecule has 0 rings (SSSR count). The molecule has 0 saturated heterocycles. The molecule has 0 fully saturated rings. The van der Waals surface area contributed by atoms with Crippen molar-refractivity contribution in [2.24, 2.45) is 5.92 Å². The van der Waals surface area contributed by atoms with E-state index in [-0.39, 0.29) is 5.76 Å². The van der Waals surface area contributed by atoms with Gasteiger partial charge in [-0.2, -0.15) is 0 Å². The van der Waals surface area contributed by atoms with Gasteiger partial charge < -0.3 is 0 Å². The Hall–Kier alpha value is -0.460. The van der Waals surface area contributed by atoms with Gasteiger partial charge in [0.15, 0.2) is 0 Å². The van der Waals surface area contributed by atoms with Crippen LogP contribution in [0.3, 0.4) is 0 Å². The first-order valence-electron chi connectivity index (χ1n) is 2.96. The zero-order valence-electron chi connectivity index (χ0n) is 5.77. The van der Waals surface area contributed by atoms with Crippen LogP contribution in [-0.2, 0) is 5.11 Å². The van der Waals surface area contributed by atoms with E-state index in [9.17, 15) is 5.11 Å². The molecule has 0 aromatic rings. The summed E-state index contributed by atoms with van der Waals surface area (Å²) in [5.41, 5.74) is 0. The molecule has 0 aromatic carbocycles. The van der Waals surface area contributed by atoms with Crippen LogP contribution in [0.1, 0.15) is 27.2 Å². The molecule has 1 radical (unpaired) electrons. The molecule has 0 aliphatic heterocycles. The van der Waals surface area contributed by atoms with E-state index in [4.69, 9.17) is 0 Å². The largest absolute Gasteiger partial charge is 0.296 e. The van der Waals surface area contributed by atoms with Gasteiger partial charge in [0.2, 0.25) is 0 Å². The molecule has 0 unspecified atom stereocenters. The van der Waals surface area contributed by atoms with Gasteiger partial charge in [0.1, 0.15) is 5.76 Å². The second-order valence-corrected chi connectivity index (χ2v) is 2.44. The van der Waals surface area contributed by atoms with Crippen LogP contribution >= 0.6 is 0 Å². The predicted octanol–water partition coefficient (Wildman–Crippen LogP) is 2.37. The topological polar surface area (TPSA) is 19.9 Å². The Morgan fingerprint density at radius 3 is 2.25 bits per heavy atom. The average Bonchev–Trinajstić information content (AvgIpc) is 1.61. The summed E-state index contributed by atoms with van der Waals surface area (Å²) in [7, 11) is 0. The zero-order valence-corrected chi connectivity index (χ0v) is 5.77. The fourth-order valence-electron chi connectivity index (χ4n) is 0.402. The molecule has 1 heteroatoms. The predicted molar refractivity (Wildman–Crippen MR) is 33.9 cm³/mol. The van der Waals surface area contributed by atoms with Crippen LogP contribution in [0.25, 0.3) is 0 Å². The lowest BCUT2D eigenvalue weighted by molar-refractivity contribution is 0.297. The van der Waals surface area contributed by atoms with Crippen molar-refractivity contribution in [1.29, 1.82) is 0 Å². The van der Waals surface area contributed by atoms with Crippen molar-refractivity contribution in [3.8, 4) is 0 Å². The lowest BCUT2D eigenvalue weighted by atomic mass is 10.1. The normalized spacial score (nSPS) is 12.8. The third-order valence-corrected chi connectivity index (χ3v) is 0.877. The van der Waals surface area contributed by atoms with Gasteiger partial charge in [0.05, 0.1) is 0 Å². The van der Waals surface area contributed by atoms with Crippen molar-refractivity contribution in [2.75, 3.05) is 0 Å². The van der Waals surface area contributed by atoms with Gasteiger partial charge in [-0.1, -0.05) is 13.8 Å². The highest BCUT2D eigenvalue weighted by atomic mass is 16.3. The van der Waals surface area contributed by atoms with E-state index in [1.54, 1.807) is 13.0 Å². The molecule has 0 N–H and O–H groups in total. The van der Waals surface area contributed by atoms with Crippen molar-refractivity contribution in [3.63, 3.8) is 0 Å². The van der Waals surface area contributed by atoms with E-state index >= 15 is 0 Å². The first-order valence-corrected chi connectivity index (χ1v) is 2.96. The lowest BCUT2D eigenvalue weighted by Gasteiger charge is -1.94. The van der Waals surface area contributed by atoms with Gasteiger partial charge in [-0.25, -0.2) is 0 Å². The Kier molecular flexibility index (Phi) is 3.33. The Labute approximate surface area is 51.0 Å². The molecule has 0 atom stereocenters. The Morgan fingerprint density at radius 1 is 1.62 bits per heavy atom. The summed E-state index contributed by atoms with van der Waals surface area (Å²) in [5, 5.41) is 10.3. The minimum Gasteiger partial charge on any atom is -0.296 e. The number of hydrogen-bond donors (Lipinski definition) is 0. The van der Waals surface area contributed by atoms with Gasteiger partial charge in [-0.05, 0) is 25.3 Å². The van der Waals surface area contributed by atoms with Crippen molar-refractivity contribution < 1.29 is 5.11 Å². The molecule has 0 heterocycles. The monoisotopic (exact) mass is 113 g/mol. The third-order valence-electron chi connectivity index (χ3n) is 0.877. The highest BCUT2D eigenvalue weighted by Crippen LogP contribution is 2.01. The molecule has 0 aliphatic carbocycles. The van der Waals surface area contributed by atoms with Gasteiger partial charge in [-0.15, -0.1) is 0 Å². The smallest absolute Gasteiger partial charge is 0.148 e. The standard InChI is InChI=1S/C7H13O/c1-6(2)4-5-7(3)8/h5-6H,4H2,1-3H3. The highest BCUT2D eigenvalue weighted by Gasteiger charge is 1.89. The lowest BCUT2D eigenvalue weighted by Crippen LogP contribution is -1.82. The molecular formula is C7H13O. The maximum absolute atomic E-state index is 10.3. The van der Waals surface area contributed by atoms with Gasteiger partial charge in [-0.3, -0.25) is 5.11 Å². The molecule has 0 amide bonds. The van der Waals surface area contributed by atoms with Crippen LogP contribution < -0.4 is 0 Å². The molecule has 0 aromatic heterocycles. The second kappa shape index (κ2) is 3.53. The molecule has 0 saturated carbocycles. The quantitative estimate of drug-likeness (QED) is 0.490. The van der Waals surface area contributed by atoms with E-state index in [1.807, 2.05) is 0 Å². The Bertz CT molecular complexity index is 78.4. The maximum atomic E-state index is 10.3. The minimum absolute atomic E-state index is 0.179. The fraction of sp³-hybridized carbons (Fsp3) is 0.714. The maximum Gasteiger partial charge on any atom is 0.148 e. The summed E-state index contributed by atoms with van der Waals surface area (Å²) >= 11 is 0. The van der Waals surface area contributed by atoms with Gasteiger partial charge in [0, 0.05) is 0 Å². The summed E-state index contributed by atoms with van der Waals surface area (Å²) in [6, 6.07) is 0. The van der Waals surface area contributed by atoms with E-state index in [0.717, 1.165) is 6.42 Å². The number of hydrogen-bond acceptors (Lipinski definition) is 0. The van der Waals surface area contributed by atoms with Crippen LogP contribution in [-0.4, -0.2) is 0 Å². The fourth-order valence-corrected chi connectivity index (χ4v) is 0.402. The summed E-state index contributed by atoms with van der Waals surface area (Å²) in [4.78, 5) is 0. The summed E-state index contributed by atoms with van der Waals surface area (Å²) in [6.45, 7) is 5.78. The van der Waals surface area contributed by atoms with Crippen LogP contribution in [0.5, 0.6) is 0 Å². The van der Waals surface area contributed by atoms with Crippen LogP contribution in [0, 0.1) is 5.92 Å². The van der Waals surface area contributed by atoms with Crippen LogP contribution in [0.4, 0.5) is 0 Å².